The number of nitrogens with zero attached hydrogens (tertiary/aromatic N) is 1. The van der Waals surface area contributed by atoms with Gasteiger partial charge in [-0.1, -0.05) is 0 Å². The quantitative estimate of drug-likeness (QED) is 0.888. The molecule has 17 heavy (non-hydrogen) atoms. The fourth-order valence-corrected chi connectivity index (χ4v) is 3.76. The van der Waals surface area contributed by atoms with E-state index in [9.17, 15) is 0 Å². The van der Waals surface area contributed by atoms with Crippen LogP contribution in [-0.2, 0) is 0 Å². The zero-order chi connectivity index (χ0) is 12.1. The Hall–Kier alpha value is -0.540. The summed E-state index contributed by atoms with van der Waals surface area (Å²) < 4.78 is 0. The maximum absolute atomic E-state index is 4.26. The molecule has 0 amide bonds. The van der Waals surface area contributed by atoms with Gasteiger partial charge in [0.1, 0.15) is 0 Å². The maximum Gasteiger partial charge on any atom is 0.0338 e. The van der Waals surface area contributed by atoms with Crippen LogP contribution in [0.5, 0.6) is 0 Å². The van der Waals surface area contributed by atoms with E-state index in [1.807, 2.05) is 12.4 Å². The van der Waals surface area contributed by atoms with Crippen LogP contribution in [0.2, 0.25) is 0 Å². The van der Waals surface area contributed by atoms with E-state index in [2.05, 4.69) is 42.1 Å². The Bertz CT molecular complexity index is 348. The second kappa shape index (κ2) is 6.41. The number of thioether (sulfide) groups is 1. The highest BCUT2D eigenvalue weighted by molar-refractivity contribution is 7.99. The molecule has 1 saturated heterocycles. The maximum atomic E-state index is 4.26. The summed E-state index contributed by atoms with van der Waals surface area (Å²) >= 11 is 2.10. The number of rotatable bonds is 4. The van der Waals surface area contributed by atoms with Crippen LogP contribution in [0.1, 0.15) is 36.4 Å². The number of nitrogens with one attached hydrogen (secondary N) is 1. The molecule has 2 heterocycles. The minimum Gasteiger partial charge on any atom is -0.313 e. The third-order valence-electron chi connectivity index (χ3n) is 3.71. The molecule has 2 rings (SSSR count). The smallest absolute Gasteiger partial charge is 0.0338 e. The Labute approximate surface area is 109 Å². The van der Waals surface area contributed by atoms with E-state index in [-0.39, 0.29) is 0 Å². The predicted octanol–water partition coefficient (Wildman–Crippen LogP) is 3.18. The van der Waals surface area contributed by atoms with Gasteiger partial charge in [-0.2, -0.15) is 11.8 Å². The van der Waals surface area contributed by atoms with Crippen LogP contribution in [0.25, 0.3) is 0 Å². The summed E-state index contributed by atoms with van der Waals surface area (Å²) in [7, 11) is 2.06. The van der Waals surface area contributed by atoms with Crippen LogP contribution in [0.4, 0.5) is 0 Å². The van der Waals surface area contributed by atoms with Gasteiger partial charge in [-0.15, -0.1) is 0 Å². The Balaban J connectivity index is 2.03. The van der Waals surface area contributed by atoms with Crippen LogP contribution < -0.4 is 5.32 Å². The molecule has 0 aromatic carbocycles. The molecule has 0 aliphatic carbocycles. The van der Waals surface area contributed by atoms with Crippen molar-refractivity contribution in [1.29, 1.82) is 0 Å². The highest BCUT2D eigenvalue weighted by Crippen LogP contribution is 2.31. The Morgan fingerprint density at radius 1 is 1.47 bits per heavy atom. The fourth-order valence-electron chi connectivity index (χ4n) is 2.56. The first-order chi connectivity index (χ1) is 8.31. The molecule has 1 aliphatic rings. The van der Waals surface area contributed by atoms with Gasteiger partial charge in [-0.3, -0.25) is 4.98 Å². The lowest BCUT2D eigenvalue weighted by atomic mass is 9.90. The standard InChI is InChI=1S/C14H22N2S/c1-11-3-6-16-10-13(11)14(15-2)9-12-4-7-17-8-5-12/h3,6,10,12,14-15H,4-5,7-9H2,1-2H3. The molecule has 3 heteroatoms. The van der Waals surface area contributed by atoms with Gasteiger partial charge in [0, 0.05) is 18.4 Å². The van der Waals surface area contributed by atoms with Crippen LogP contribution in [0.15, 0.2) is 18.5 Å². The fraction of sp³-hybridized carbons (Fsp3) is 0.643. The molecule has 0 saturated carbocycles. The number of pyridine rings is 1. The van der Waals surface area contributed by atoms with Crippen LogP contribution in [-0.4, -0.2) is 23.5 Å². The van der Waals surface area contributed by atoms with Crippen LogP contribution >= 0.6 is 11.8 Å². The molecular formula is C14H22N2S. The first kappa shape index (κ1) is 12.9. The lowest BCUT2D eigenvalue weighted by molar-refractivity contribution is 0.383. The summed E-state index contributed by atoms with van der Waals surface area (Å²) in [5.74, 6) is 3.56. The molecule has 1 aromatic rings. The SMILES string of the molecule is CNC(CC1CCSCC1)c1cnccc1C. The Morgan fingerprint density at radius 3 is 2.88 bits per heavy atom. The van der Waals surface area contributed by atoms with E-state index >= 15 is 0 Å². The van der Waals surface area contributed by atoms with Crippen molar-refractivity contribution in [3.8, 4) is 0 Å². The van der Waals surface area contributed by atoms with Crippen LogP contribution in [0.3, 0.4) is 0 Å². The topological polar surface area (TPSA) is 24.9 Å². The van der Waals surface area contributed by atoms with Gasteiger partial charge in [0.25, 0.3) is 0 Å². The minimum atomic E-state index is 0.469. The summed E-state index contributed by atoms with van der Waals surface area (Å²) in [5, 5.41) is 3.46. The van der Waals surface area contributed by atoms with Crippen molar-refractivity contribution < 1.29 is 0 Å². The molecule has 0 radical (unpaired) electrons. The lowest BCUT2D eigenvalue weighted by Gasteiger charge is -2.27. The van der Waals surface area contributed by atoms with Gasteiger partial charge in [-0.05, 0) is 67.9 Å². The molecule has 1 aliphatic heterocycles. The van der Waals surface area contributed by atoms with E-state index in [0.717, 1.165) is 5.92 Å². The van der Waals surface area contributed by atoms with Gasteiger partial charge < -0.3 is 5.32 Å². The molecule has 1 atom stereocenters. The van der Waals surface area contributed by atoms with Gasteiger partial charge in [0.05, 0.1) is 0 Å². The first-order valence-corrected chi connectivity index (χ1v) is 7.62. The van der Waals surface area contributed by atoms with Gasteiger partial charge >= 0.3 is 0 Å². The van der Waals surface area contributed by atoms with Crippen molar-refractivity contribution >= 4 is 11.8 Å². The van der Waals surface area contributed by atoms with E-state index in [1.165, 1.54) is 41.9 Å². The highest BCUT2D eigenvalue weighted by atomic mass is 32.2. The summed E-state index contributed by atoms with van der Waals surface area (Å²) in [6.07, 6.45) is 7.91. The van der Waals surface area contributed by atoms with Crippen LogP contribution in [0, 0.1) is 12.8 Å². The second-order valence-corrected chi connectivity index (χ2v) is 6.09. The molecule has 1 N–H and O–H groups in total. The molecule has 1 unspecified atom stereocenters. The van der Waals surface area contributed by atoms with Gasteiger partial charge in [0.15, 0.2) is 0 Å². The summed E-state index contributed by atoms with van der Waals surface area (Å²) in [5.41, 5.74) is 2.72. The average Bonchev–Trinajstić information content (AvgIpc) is 2.38. The molecule has 1 fully saturated rings. The van der Waals surface area contributed by atoms with Crippen molar-refractivity contribution in [2.45, 2.75) is 32.2 Å². The minimum absolute atomic E-state index is 0.469. The molecular weight excluding hydrogens is 228 g/mol. The molecule has 1 aromatic heterocycles. The van der Waals surface area contributed by atoms with E-state index < -0.39 is 0 Å². The van der Waals surface area contributed by atoms with Crippen molar-refractivity contribution in [1.82, 2.24) is 10.3 Å². The summed E-state index contributed by atoms with van der Waals surface area (Å²) in [4.78, 5) is 4.26. The summed E-state index contributed by atoms with van der Waals surface area (Å²) in [6.45, 7) is 2.18. The van der Waals surface area contributed by atoms with Crippen molar-refractivity contribution in [3.63, 3.8) is 0 Å². The lowest BCUT2D eigenvalue weighted by Crippen LogP contribution is -2.23. The molecule has 0 bridgehead atoms. The van der Waals surface area contributed by atoms with E-state index in [0.29, 0.717) is 6.04 Å². The normalized spacial score (nSPS) is 19.2. The molecule has 94 valence electrons. The predicted molar refractivity (Wildman–Crippen MR) is 75.4 cm³/mol. The third kappa shape index (κ3) is 3.46. The molecule has 0 spiro atoms. The van der Waals surface area contributed by atoms with Gasteiger partial charge in [-0.25, -0.2) is 0 Å². The average molecular weight is 250 g/mol. The number of hydrogen-bond donors (Lipinski definition) is 1. The zero-order valence-corrected chi connectivity index (χ0v) is 11.6. The number of aromatic nitrogens is 1. The van der Waals surface area contributed by atoms with E-state index in [1.54, 1.807) is 0 Å². The largest absolute Gasteiger partial charge is 0.313 e. The van der Waals surface area contributed by atoms with Crippen molar-refractivity contribution in [3.05, 3.63) is 29.6 Å². The number of hydrogen-bond acceptors (Lipinski definition) is 3. The Morgan fingerprint density at radius 2 is 2.24 bits per heavy atom. The van der Waals surface area contributed by atoms with Crippen molar-refractivity contribution in [2.75, 3.05) is 18.6 Å². The van der Waals surface area contributed by atoms with Gasteiger partial charge in [0.2, 0.25) is 0 Å². The highest BCUT2D eigenvalue weighted by Gasteiger charge is 2.20. The number of aryl methyl sites for hydroxylation is 1. The first-order valence-electron chi connectivity index (χ1n) is 6.46. The Kier molecular flexibility index (Phi) is 4.86. The van der Waals surface area contributed by atoms with E-state index in [4.69, 9.17) is 0 Å². The van der Waals surface area contributed by atoms with Crippen molar-refractivity contribution in [2.24, 2.45) is 5.92 Å². The zero-order valence-electron chi connectivity index (χ0n) is 10.8. The monoisotopic (exact) mass is 250 g/mol. The molecule has 2 nitrogen and oxygen atoms in total. The second-order valence-electron chi connectivity index (χ2n) is 4.86. The third-order valence-corrected chi connectivity index (χ3v) is 4.76. The summed E-state index contributed by atoms with van der Waals surface area (Å²) in [6, 6.07) is 2.58.